The summed E-state index contributed by atoms with van der Waals surface area (Å²) in [6.45, 7) is 3.77. The van der Waals surface area contributed by atoms with Crippen molar-refractivity contribution in [3.8, 4) is 0 Å². The molecule has 5 nitrogen and oxygen atoms in total. The Hall–Kier alpha value is -1.63. The van der Waals surface area contributed by atoms with E-state index in [2.05, 4.69) is 9.46 Å². The van der Waals surface area contributed by atoms with E-state index in [1.807, 2.05) is 26.0 Å². The fourth-order valence-electron chi connectivity index (χ4n) is 1.80. The molecule has 0 spiro atoms. The highest BCUT2D eigenvalue weighted by Crippen LogP contribution is 2.12. The summed E-state index contributed by atoms with van der Waals surface area (Å²) in [6.07, 6.45) is 3.33. The third-order valence-electron chi connectivity index (χ3n) is 2.93. The van der Waals surface area contributed by atoms with E-state index in [9.17, 15) is 14.1 Å². The molecule has 1 aromatic rings. The molecule has 0 saturated carbocycles. The lowest BCUT2D eigenvalue weighted by Gasteiger charge is -2.16. The zero-order chi connectivity index (χ0) is 16.5. The summed E-state index contributed by atoms with van der Waals surface area (Å²) in [5.41, 5.74) is 1.08. The van der Waals surface area contributed by atoms with Gasteiger partial charge in [-0.05, 0) is 26.0 Å². The Bertz CT molecular complexity index is 527. The third-order valence-corrected chi connectivity index (χ3v) is 4.15. The van der Waals surface area contributed by atoms with Gasteiger partial charge in [0.1, 0.15) is 12.2 Å². The molecule has 0 radical (unpaired) electrons. The Balaban J connectivity index is 2.65. The Morgan fingerprint density at radius 2 is 2.00 bits per heavy atom. The summed E-state index contributed by atoms with van der Waals surface area (Å²) >= 11 is -1.42. The van der Waals surface area contributed by atoms with Crippen molar-refractivity contribution >= 4 is 23.1 Å². The van der Waals surface area contributed by atoms with Gasteiger partial charge in [0.05, 0.1) is 24.5 Å². The smallest absolute Gasteiger partial charge is 0.313 e. The molecule has 1 N–H and O–H groups in total. The number of esters is 1. The normalized spacial score (nSPS) is 13.8. The lowest BCUT2D eigenvalue weighted by Crippen LogP contribution is -2.35. The molecule has 0 fully saturated rings. The van der Waals surface area contributed by atoms with Gasteiger partial charge in [-0.3, -0.25) is 9.59 Å². The van der Waals surface area contributed by atoms with Gasteiger partial charge >= 0.3 is 5.97 Å². The van der Waals surface area contributed by atoms with Gasteiger partial charge in [0, 0.05) is 6.42 Å². The number of ketones is 1. The number of hydrogen-bond acceptors (Lipinski definition) is 5. The lowest BCUT2D eigenvalue weighted by molar-refractivity contribution is -0.143. The molecule has 2 atom stereocenters. The third kappa shape index (κ3) is 6.43. The standard InChI is InChI=1S/C16H21NO4S/c1-4-5-13(10-14(18)11-16(19)21-3)17-22(20)15-8-6-12(2)7-9-15/h4-9,13,17H,10-11H2,1-3H3/b5-4+/t13-,22-/m0/s1. The maximum absolute atomic E-state index is 12.3. The maximum Gasteiger partial charge on any atom is 0.313 e. The van der Waals surface area contributed by atoms with Crippen LogP contribution in [0.3, 0.4) is 0 Å². The van der Waals surface area contributed by atoms with Crippen LogP contribution < -0.4 is 4.72 Å². The van der Waals surface area contributed by atoms with Crippen molar-refractivity contribution in [1.82, 2.24) is 4.72 Å². The van der Waals surface area contributed by atoms with E-state index in [4.69, 9.17) is 0 Å². The van der Waals surface area contributed by atoms with Gasteiger partial charge in [-0.1, -0.05) is 29.8 Å². The van der Waals surface area contributed by atoms with Crippen LogP contribution in [-0.4, -0.2) is 29.5 Å². The van der Waals surface area contributed by atoms with Crippen LogP contribution in [0.5, 0.6) is 0 Å². The Morgan fingerprint density at radius 3 is 2.55 bits per heavy atom. The van der Waals surface area contributed by atoms with Crippen LogP contribution in [0.2, 0.25) is 0 Å². The summed E-state index contributed by atoms with van der Waals surface area (Å²) in [4.78, 5) is 23.5. The highest BCUT2D eigenvalue weighted by molar-refractivity contribution is 7.89. The minimum absolute atomic E-state index is 0.0804. The number of aryl methyl sites for hydroxylation is 1. The molecule has 0 heterocycles. The van der Waals surface area contributed by atoms with E-state index >= 15 is 0 Å². The van der Waals surface area contributed by atoms with E-state index in [0.717, 1.165) is 5.56 Å². The molecular weight excluding hydrogens is 302 g/mol. The van der Waals surface area contributed by atoms with E-state index < -0.39 is 23.4 Å². The van der Waals surface area contributed by atoms with Crippen LogP contribution in [0.15, 0.2) is 41.3 Å². The number of allylic oxidation sites excluding steroid dienone is 1. The number of carbonyl (C=O) groups is 2. The molecule has 0 saturated heterocycles. The predicted molar refractivity (Wildman–Crippen MR) is 85.6 cm³/mol. The highest BCUT2D eigenvalue weighted by Gasteiger charge is 2.20. The summed E-state index contributed by atoms with van der Waals surface area (Å²) in [5.74, 6) is -0.827. The van der Waals surface area contributed by atoms with Crippen molar-refractivity contribution in [1.29, 1.82) is 0 Å². The van der Waals surface area contributed by atoms with Gasteiger partial charge in [-0.2, -0.15) is 0 Å². The first-order chi connectivity index (χ1) is 10.5. The summed E-state index contributed by atoms with van der Waals surface area (Å²) < 4.78 is 19.6. The number of Topliss-reactive ketones (excluding diaryl/α,β-unsaturated/α-hetero) is 1. The fourth-order valence-corrected chi connectivity index (χ4v) is 2.76. The topological polar surface area (TPSA) is 78.5 Å². The zero-order valence-corrected chi connectivity index (χ0v) is 13.8. The van der Waals surface area contributed by atoms with Crippen molar-refractivity contribution in [2.45, 2.75) is 37.6 Å². The molecule has 0 aliphatic rings. The van der Waals surface area contributed by atoms with Gasteiger partial charge in [0.15, 0.2) is 4.90 Å². The number of carbonyl (C=O) groups excluding carboxylic acids is 2. The Kier molecular flexibility index (Phi) is 7.87. The predicted octanol–water partition coefficient (Wildman–Crippen LogP) is 2.07. The first-order valence-corrected chi connectivity index (χ1v) is 8.07. The van der Waals surface area contributed by atoms with Gasteiger partial charge in [-0.25, -0.2) is 0 Å². The second-order valence-corrected chi connectivity index (χ2v) is 6.07. The van der Waals surface area contributed by atoms with Crippen LogP contribution in [-0.2, 0) is 25.7 Å². The number of hydrogen-bond donors (Lipinski definition) is 1. The molecule has 0 aliphatic heterocycles. The number of methoxy groups -OCH3 is 1. The van der Waals surface area contributed by atoms with Crippen molar-refractivity contribution < 1.29 is 18.9 Å². The Morgan fingerprint density at radius 1 is 1.36 bits per heavy atom. The average Bonchev–Trinajstić information content (AvgIpc) is 2.47. The van der Waals surface area contributed by atoms with E-state index in [0.29, 0.717) is 4.90 Å². The lowest BCUT2D eigenvalue weighted by atomic mass is 10.1. The zero-order valence-electron chi connectivity index (χ0n) is 13.0. The minimum Gasteiger partial charge on any atom is -0.593 e. The fraction of sp³-hybridized carbons (Fsp3) is 0.375. The SMILES string of the molecule is C/C=C/[C@@H](CC(=O)CC(=O)OC)N[S@@+]([O-])c1ccc(C)cc1. The second-order valence-electron chi connectivity index (χ2n) is 4.83. The Labute approximate surface area is 134 Å². The monoisotopic (exact) mass is 323 g/mol. The minimum atomic E-state index is -1.42. The summed E-state index contributed by atoms with van der Waals surface area (Å²) in [5, 5.41) is 0. The molecular formula is C16H21NO4S. The van der Waals surface area contributed by atoms with Crippen LogP contribution in [0.4, 0.5) is 0 Å². The molecule has 6 heteroatoms. The number of benzene rings is 1. The van der Waals surface area contributed by atoms with Crippen LogP contribution >= 0.6 is 0 Å². The molecule has 1 rings (SSSR count). The number of rotatable bonds is 8. The molecule has 1 aromatic carbocycles. The summed E-state index contributed by atoms with van der Waals surface area (Å²) in [6, 6.07) is 6.91. The quantitative estimate of drug-likeness (QED) is 0.343. The van der Waals surface area contributed by atoms with Crippen LogP contribution in [0.1, 0.15) is 25.3 Å². The van der Waals surface area contributed by atoms with Crippen molar-refractivity contribution in [2.24, 2.45) is 0 Å². The van der Waals surface area contributed by atoms with Crippen molar-refractivity contribution in [2.75, 3.05) is 7.11 Å². The van der Waals surface area contributed by atoms with E-state index in [1.54, 1.807) is 24.3 Å². The molecule has 120 valence electrons. The first kappa shape index (κ1) is 18.4. The van der Waals surface area contributed by atoms with Gasteiger partial charge in [-0.15, -0.1) is 4.72 Å². The molecule has 0 bridgehead atoms. The average molecular weight is 323 g/mol. The van der Waals surface area contributed by atoms with Gasteiger partial charge < -0.3 is 9.29 Å². The van der Waals surface area contributed by atoms with Crippen LogP contribution in [0.25, 0.3) is 0 Å². The first-order valence-electron chi connectivity index (χ1n) is 6.92. The van der Waals surface area contributed by atoms with E-state index in [-0.39, 0.29) is 18.6 Å². The number of nitrogens with one attached hydrogen (secondary N) is 1. The van der Waals surface area contributed by atoms with Gasteiger partial charge in [0.25, 0.3) is 0 Å². The molecule has 0 aromatic heterocycles. The highest BCUT2D eigenvalue weighted by atomic mass is 32.2. The molecule has 0 unspecified atom stereocenters. The number of ether oxygens (including phenoxy) is 1. The van der Waals surface area contributed by atoms with Gasteiger partial charge in [0.2, 0.25) is 0 Å². The maximum atomic E-state index is 12.3. The molecule has 0 amide bonds. The van der Waals surface area contributed by atoms with Crippen molar-refractivity contribution in [3.05, 3.63) is 42.0 Å². The molecule has 22 heavy (non-hydrogen) atoms. The van der Waals surface area contributed by atoms with Crippen LogP contribution in [0, 0.1) is 6.92 Å². The summed E-state index contributed by atoms with van der Waals surface area (Å²) in [7, 11) is 1.24. The van der Waals surface area contributed by atoms with E-state index in [1.165, 1.54) is 7.11 Å². The van der Waals surface area contributed by atoms with Crippen molar-refractivity contribution in [3.63, 3.8) is 0 Å². The largest absolute Gasteiger partial charge is 0.593 e. The second kappa shape index (κ2) is 9.40. The molecule has 0 aliphatic carbocycles.